The highest BCUT2D eigenvalue weighted by molar-refractivity contribution is 7.17. The molecular formula is C14H14N2OS. The van der Waals surface area contributed by atoms with Crippen LogP contribution < -0.4 is 4.90 Å². The summed E-state index contributed by atoms with van der Waals surface area (Å²) >= 11 is 1.46. The molecule has 0 bridgehead atoms. The van der Waals surface area contributed by atoms with Crippen LogP contribution in [0, 0.1) is 0 Å². The van der Waals surface area contributed by atoms with Gasteiger partial charge in [-0.1, -0.05) is 29.5 Å². The standard InChI is InChI=1S/C14H14N2OS/c17-10-12-9-15-14(18-12)16-8-4-3-6-11-5-1-2-7-13(11)16/h1-2,5,7,9-10H,3-4,6,8H2. The Hall–Kier alpha value is -1.68. The van der Waals surface area contributed by atoms with Crippen LogP contribution >= 0.6 is 11.3 Å². The number of fused-ring (bicyclic) bond motifs is 1. The summed E-state index contributed by atoms with van der Waals surface area (Å²) < 4.78 is 0. The molecule has 2 heterocycles. The molecule has 4 heteroatoms. The molecule has 2 aromatic rings. The minimum atomic E-state index is 0.687. The molecule has 0 N–H and O–H groups in total. The van der Waals surface area contributed by atoms with Crippen molar-refractivity contribution in [1.82, 2.24) is 4.98 Å². The van der Waals surface area contributed by atoms with Gasteiger partial charge in [0.15, 0.2) is 11.4 Å². The molecule has 0 saturated carbocycles. The summed E-state index contributed by atoms with van der Waals surface area (Å²) in [7, 11) is 0. The summed E-state index contributed by atoms with van der Waals surface area (Å²) in [5.74, 6) is 0. The highest BCUT2D eigenvalue weighted by Gasteiger charge is 2.18. The first-order valence-electron chi connectivity index (χ1n) is 6.15. The van der Waals surface area contributed by atoms with Gasteiger partial charge < -0.3 is 4.90 Å². The summed E-state index contributed by atoms with van der Waals surface area (Å²) in [6.07, 6.45) is 6.01. The normalized spacial score (nSPS) is 15.0. The highest BCUT2D eigenvalue weighted by Crippen LogP contribution is 2.34. The molecule has 92 valence electrons. The van der Waals surface area contributed by atoms with Crippen LogP contribution in [-0.2, 0) is 6.42 Å². The molecule has 0 atom stereocenters. The minimum absolute atomic E-state index is 0.687. The summed E-state index contributed by atoms with van der Waals surface area (Å²) in [6.45, 7) is 0.975. The topological polar surface area (TPSA) is 33.2 Å². The van der Waals surface area contributed by atoms with Crippen molar-refractivity contribution in [1.29, 1.82) is 0 Å². The number of para-hydroxylation sites is 1. The Kier molecular flexibility index (Phi) is 3.11. The second kappa shape index (κ2) is 4.90. The van der Waals surface area contributed by atoms with Crippen LogP contribution in [0.3, 0.4) is 0 Å². The predicted molar refractivity (Wildman–Crippen MR) is 73.9 cm³/mol. The molecule has 0 radical (unpaired) electrons. The van der Waals surface area contributed by atoms with E-state index >= 15 is 0 Å². The van der Waals surface area contributed by atoms with E-state index in [1.165, 1.54) is 29.0 Å². The van der Waals surface area contributed by atoms with E-state index in [2.05, 4.69) is 34.1 Å². The zero-order chi connectivity index (χ0) is 12.4. The van der Waals surface area contributed by atoms with E-state index < -0.39 is 0 Å². The van der Waals surface area contributed by atoms with E-state index in [1.54, 1.807) is 6.20 Å². The molecule has 1 aliphatic heterocycles. The lowest BCUT2D eigenvalue weighted by Crippen LogP contribution is -2.17. The highest BCUT2D eigenvalue weighted by atomic mass is 32.1. The van der Waals surface area contributed by atoms with E-state index in [4.69, 9.17) is 0 Å². The Morgan fingerprint density at radius 3 is 3.00 bits per heavy atom. The fourth-order valence-corrected chi connectivity index (χ4v) is 3.12. The van der Waals surface area contributed by atoms with Crippen molar-refractivity contribution >= 4 is 28.4 Å². The smallest absolute Gasteiger partial charge is 0.190 e. The lowest BCUT2D eigenvalue weighted by molar-refractivity contribution is 0.112. The minimum Gasteiger partial charge on any atom is -0.318 e. The van der Waals surface area contributed by atoms with E-state index in [0.29, 0.717) is 4.88 Å². The molecule has 0 fully saturated rings. The van der Waals surface area contributed by atoms with Crippen LogP contribution in [0.2, 0.25) is 0 Å². The number of aromatic nitrogens is 1. The van der Waals surface area contributed by atoms with Crippen LogP contribution in [0.5, 0.6) is 0 Å². The molecule has 1 aromatic heterocycles. The fourth-order valence-electron chi connectivity index (χ4n) is 2.35. The molecule has 1 aromatic carbocycles. The summed E-state index contributed by atoms with van der Waals surface area (Å²) in [6, 6.07) is 8.47. The van der Waals surface area contributed by atoms with Gasteiger partial charge in [-0.15, -0.1) is 0 Å². The van der Waals surface area contributed by atoms with Gasteiger partial charge in [0.2, 0.25) is 0 Å². The quantitative estimate of drug-likeness (QED) is 0.774. The molecule has 3 nitrogen and oxygen atoms in total. The van der Waals surface area contributed by atoms with Gasteiger partial charge in [-0.3, -0.25) is 4.79 Å². The number of hydrogen-bond donors (Lipinski definition) is 0. The van der Waals surface area contributed by atoms with Crippen LogP contribution in [0.1, 0.15) is 28.1 Å². The first-order chi connectivity index (χ1) is 8.88. The zero-order valence-electron chi connectivity index (χ0n) is 10.0. The van der Waals surface area contributed by atoms with E-state index in [0.717, 1.165) is 30.8 Å². The van der Waals surface area contributed by atoms with Gasteiger partial charge in [0, 0.05) is 12.2 Å². The number of carbonyl (C=O) groups excluding carboxylic acids is 1. The van der Waals surface area contributed by atoms with Gasteiger partial charge in [0.1, 0.15) is 0 Å². The maximum Gasteiger partial charge on any atom is 0.190 e. The number of nitrogens with zero attached hydrogens (tertiary/aromatic N) is 2. The monoisotopic (exact) mass is 258 g/mol. The molecular weight excluding hydrogens is 244 g/mol. The van der Waals surface area contributed by atoms with Crippen LogP contribution in [0.4, 0.5) is 10.8 Å². The first kappa shape index (κ1) is 11.4. The zero-order valence-corrected chi connectivity index (χ0v) is 10.8. The Morgan fingerprint density at radius 2 is 2.17 bits per heavy atom. The lowest BCUT2D eigenvalue weighted by Gasteiger charge is -2.21. The van der Waals surface area contributed by atoms with Gasteiger partial charge in [-0.05, 0) is 30.9 Å². The Labute approximate surface area is 110 Å². The average Bonchev–Trinajstić information content (AvgIpc) is 2.78. The number of benzene rings is 1. The SMILES string of the molecule is O=Cc1cnc(N2CCCCc3ccccc32)s1. The number of rotatable bonds is 2. The third-order valence-electron chi connectivity index (χ3n) is 3.22. The molecule has 18 heavy (non-hydrogen) atoms. The number of hydrogen-bond acceptors (Lipinski definition) is 4. The van der Waals surface area contributed by atoms with Crippen molar-refractivity contribution in [2.45, 2.75) is 19.3 Å². The molecule has 0 saturated heterocycles. The van der Waals surface area contributed by atoms with Crippen molar-refractivity contribution in [2.75, 3.05) is 11.4 Å². The largest absolute Gasteiger partial charge is 0.318 e. The molecule has 0 amide bonds. The number of aldehydes is 1. The van der Waals surface area contributed by atoms with Gasteiger partial charge >= 0.3 is 0 Å². The van der Waals surface area contributed by atoms with E-state index in [-0.39, 0.29) is 0 Å². The third-order valence-corrected chi connectivity index (χ3v) is 4.16. The third kappa shape index (κ3) is 2.04. The first-order valence-corrected chi connectivity index (χ1v) is 6.96. The number of anilines is 2. The van der Waals surface area contributed by atoms with E-state index in [1.807, 2.05) is 0 Å². The Bertz CT molecular complexity index is 564. The molecule has 0 unspecified atom stereocenters. The predicted octanol–water partition coefficient (Wildman–Crippen LogP) is 3.43. The fraction of sp³-hybridized carbons (Fsp3) is 0.286. The lowest BCUT2D eigenvalue weighted by atomic mass is 10.1. The molecule has 1 aliphatic rings. The number of carbonyl (C=O) groups is 1. The van der Waals surface area contributed by atoms with Crippen LogP contribution in [-0.4, -0.2) is 17.8 Å². The summed E-state index contributed by atoms with van der Waals surface area (Å²) in [4.78, 5) is 18.1. The molecule has 0 aliphatic carbocycles. The van der Waals surface area contributed by atoms with Gasteiger partial charge in [0.05, 0.1) is 11.1 Å². The maximum atomic E-state index is 10.8. The van der Waals surface area contributed by atoms with Crippen molar-refractivity contribution in [3.05, 3.63) is 40.9 Å². The molecule has 3 rings (SSSR count). The van der Waals surface area contributed by atoms with Crippen molar-refractivity contribution < 1.29 is 4.79 Å². The van der Waals surface area contributed by atoms with E-state index in [9.17, 15) is 4.79 Å². The molecule has 0 spiro atoms. The van der Waals surface area contributed by atoms with Crippen LogP contribution in [0.25, 0.3) is 0 Å². The van der Waals surface area contributed by atoms with Crippen LogP contribution in [0.15, 0.2) is 30.5 Å². The second-order valence-corrected chi connectivity index (χ2v) is 5.44. The second-order valence-electron chi connectivity index (χ2n) is 4.40. The Morgan fingerprint density at radius 1 is 1.28 bits per heavy atom. The average molecular weight is 258 g/mol. The number of aryl methyl sites for hydroxylation is 1. The summed E-state index contributed by atoms with van der Waals surface area (Å²) in [5.41, 5.74) is 2.61. The van der Waals surface area contributed by atoms with Gasteiger partial charge in [-0.25, -0.2) is 4.98 Å². The Balaban J connectivity index is 2.03. The van der Waals surface area contributed by atoms with Crippen molar-refractivity contribution in [3.8, 4) is 0 Å². The van der Waals surface area contributed by atoms with Gasteiger partial charge in [-0.2, -0.15) is 0 Å². The maximum absolute atomic E-state index is 10.8. The van der Waals surface area contributed by atoms with Crippen molar-refractivity contribution in [2.24, 2.45) is 0 Å². The number of thiazole rings is 1. The van der Waals surface area contributed by atoms with Gasteiger partial charge in [0.25, 0.3) is 0 Å². The summed E-state index contributed by atoms with van der Waals surface area (Å²) in [5, 5.41) is 0.923. The van der Waals surface area contributed by atoms with Crippen molar-refractivity contribution in [3.63, 3.8) is 0 Å².